The Morgan fingerprint density at radius 3 is 1.47 bits per heavy atom. The van der Waals surface area contributed by atoms with Gasteiger partial charge < -0.3 is 39.9 Å². The van der Waals surface area contributed by atoms with E-state index < -0.39 is 63.1 Å². The first-order valence-electron chi connectivity index (χ1n) is 23.8. The number of carbonyl (C=O) groups is 1. The van der Waals surface area contributed by atoms with E-state index >= 15 is 0 Å². The number of hydrogen-bond acceptors (Lipinski definition) is 11. The number of unbranched alkanes of at least 4 members (excludes halogenated alkanes) is 15. The van der Waals surface area contributed by atoms with Crippen molar-refractivity contribution in [2.45, 2.75) is 211 Å². The van der Waals surface area contributed by atoms with E-state index in [4.69, 9.17) is 18.5 Å². The summed E-state index contributed by atoms with van der Waals surface area (Å²) in [6, 6.07) is 0. The summed E-state index contributed by atoms with van der Waals surface area (Å²) in [7, 11) is -5.03. The number of aliphatic hydroxyl groups excluding tert-OH is 5. The minimum Gasteiger partial charge on any atom is -0.457 e. The highest BCUT2D eigenvalue weighted by Gasteiger charge is 2.51. The highest BCUT2D eigenvalue weighted by Crippen LogP contribution is 2.47. The number of aliphatic hydroxyl groups is 5. The predicted octanol–water partition coefficient (Wildman–Crippen LogP) is 9.97. The molecule has 1 fully saturated rings. The van der Waals surface area contributed by atoms with Crippen molar-refractivity contribution in [3.05, 3.63) is 72.9 Å². The molecule has 6 N–H and O–H groups in total. The van der Waals surface area contributed by atoms with Gasteiger partial charge in [-0.2, -0.15) is 0 Å². The standard InChI is InChI=1S/C49H85O12P/c1-3-5-7-9-11-13-15-17-19-21-22-23-24-26-28-30-32-34-36-38-43(50)60-42(41-59-62(56,57)61-49-47(54)45(52)44(51)46(53)48(49)55)40-58-39-37-35-33-31-29-27-25-20-18-16-14-12-10-8-6-4-2/h5,7,11,13,17-20,22-23,26,28,42,44-49,51-55H,3-4,6,8-10,12,14-16,21,24-25,27,29-41H2,1-2H3,(H,56,57)/b7-5-,13-11-,19-17-,20-18-,23-22-,28-26-. The van der Waals surface area contributed by atoms with Crippen LogP contribution in [-0.4, -0.2) is 98.9 Å². The van der Waals surface area contributed by atoms with Gasteiger partial charge in [-0.15, -0.1) is 0 Å². The zero-order valence-electron chi connectivity index (χ0n) is 38.1. The lowest BCUT2D eigenvalue weighted by Crippen LogP contribution is -2.64. The lowest BCUT2D eigenvalue weighted by atomic mass is 9.85. The maximum atomic E-state index is 12.8. The Bertz CT molecular complexity index is 1300. The summed E-state index contributed by atoms with van der Waals surface area (Å²) < 4.78 is 34.2. The zero-order valence-corrected chi connectivity index (χ0v) is 39.0. The molecule has 0 aromatic carbocycles. The van der Waals surface area contributed by atoms with E-state index in [2.05, 4.69) is 86.8 Å². The van der Waals surface area contributed by atoms with Crippen LogP contribution in [0, 0.1) is 0 Å². The van der Waals surface area contributed by atoms with Crippen molar-refractivity contribution in [1.82, 2.24) is 0 Å². The van der Waals surface area contributed by atoms with E-state index in [9.17, 15) is 39.8 Å². The summed E-state index contributed by atoms with van der Waals surface area (Å²) in [5.41, 5.74) is 0. The fraction of sp³-hybridized carbons (Fsp3) is 0.735. The normalized spacial score (nSPS) is 22.6. The molecule has 0 radical (unpaired) electrons. The van der Waals surface area contributed by atoms with E-state index in [0.29, 0.717) is 13.0 Å². The molecule has 0 heterocycles. The highest BCUT2D eigenvalue weighted by molar-refractivity contribution is 7.47. The lowest BCUT2D eigenvalue weighted by Gasteiger charge is -2.41. The van der Waals surface area contributed by atoms with Crippen LogP contribution < -0.4 is 0 Å². The van der Waals surface area contributed by atoms with Crippen LogP contribution in [0.1, 0.15) is 168 Å². The van der Waals surface area contributed by atoms with Gasteiger partial charge in [0.2, 0.25) is 0 Å². The summed E-state index contributed by atoms with van der Waals surface area (Å²) >= 11 is 0. The van der Waals surface area contributed by atoms with Crippen LogP contribution in [0.2, 0.25) is 0 Å². The summed E-state index contributed by atoms with van der Waals surface area (Å²) in [5, 5.41) is 50.2. The molecule has 12 nitrogen and oxygen atoms in total. The van der Waals surface area contributed by atoms with Crippen LogP contribution in [0.25, 0.3) is 0 Å². The Morgan fingerprint density at radius 1 is 0.532 bits per heavy atom. The molecule has 62 heavy (non-hydrogen) atoms. The van der Waals surface area contributed by atoms with Crippen LogP contribution in [0.15, 0.2) is 72.9 Å². The van der Waals surface area contributed by atoms with Crippen LogP contribution >= 0.6 is 7.82 Å². The smallest absolute Gasteiger partial charge is 0.457 e. The first-order valence-corrected chi connectivity index (χ1v) is 25.3. The minimum absolute atomic E-state index is 0.0980. The second-order valence-corrected chi connectivity index (χ2v) is 17.6. The minimum atomic E-state index is -5.03. The van der Waals surface area contributed by atoms with E-state index in [1.165, 1.54) is 57.8 Å². The van der Waals surface area contributed by atoms with Crippen molar-refractivity contribution in [1.29, 1.82) is 0 Å². The topological polar surface area (TPSA) is 192 Å². The Morgan fingerprint density at radius 2 is 0.952 bits per heavy atom. The Hall–Kier alpha value is -2.22. The molecule has 358 valence electrons. The summed E-state index contributed by atoms with van der Waals surface area (Å²) in [4.78, 5) is 23.2. The highest BCUT2D eigenvalue weighted by atomic mass is 31.2. The van der Waals surface area contributed by atoms with Crippen LogP contribution in [-0.2, 0) is 27.9 Å². The monoisotopic (exact) mass is 897 g/mol. The molecule has 0 spiro atoms. The molecular weight excluding hydrogens is 812 g/mol. The quantitative estimate of drug-likeness (QED) is 0.0148. The third-order valence-electron chi connectivity index (χ3n) is 10.6. The molecule has 6 atom stereocenters. The summed E-state index contributed by atoms with van der Waals surface area (Å²) in [6.45, 7) is 4.08. The molecule has 1 aliphatic carbocycles. The molecule has 0 bridgehead atoms. The van der Waals surface area contributed by atoms with E-state index in [0.717, 1.165) is 83.5 Å². The molecule has 1 saturated carbocycles. The van der Waals surface area contributed by atoms with Gasteiger partial charge in [-0.25, -0.2) is 4.57 Å². The maximum Gasteiger partial charge on any atom is 0.472 e. The van der Waals surface area contributed by atoms with Gasteiger partial charge in [-0.05, 0) is 83.5 Å². The van der Waals surface area contributed by atoms with Gasteiger partial charge in [0.25, 0.3) is 0 Å². The molecule has 6 unspecified atom stereocenters. The first kappa shape index (κ1) is 57.8. The van der Waals surface area contributed by atoms with Crippen molar-refractivity contribution >= 4 is 13.8 Å². The average Bonchev–Trinajstić information content (AvgIpc) is 3.26. The fourth-order valence-corrected chi connectivity index (χ4v) is 7.76. The molecule has 0 saturated heterocycles. The van der Waals surface area contributed by atoms with Crippen LogP contribution in [0.5, 0.6) is 0 Å². The maximum absolute atomic E-state index is 12.8. The second kappa shape index (κ2) is 39.2. The van der Waals surface area contributed by atoms with Gasteiger partial charge in [0.05, 0.1) is 13.2 Å². The predicted molar refractivity (Wildman–Crippen MR) is 248 cm³/mol. The summed E-state index contributed by atoms with van der Waals surface area (Å²) in [6.07, 6.45) is 38.2. The van der Waals surface area contributed by atoms with Gasteiger partial charge in [0.15, 0.2) is 0 Å². The number of ether oxygens (including phenoxy) is 2. The third-order valence-corrected chi connectivity index (χ3v) is 11.5. The van der Waals surface area contributed by atoms with Gasteiger partial charge in [-0.3, -0.25) is 13.8 Å². The van der Waals surface area contributed by atoms with Crippen molar-refractivity contribution in [3.8, 4) is 0 Å². The molecular formula is C49H85O12P. The van der Waals surface area contributed by atoms with Crippen molar-refractivity contribution in [3.63, 3.8) is 0 Å². The number of phosphoric acid groups is 1. The molecule has 0 amide bonds. The van der Waals surface area contributed by atoms with Gasteiger partial charge in [-0.1, -0.05) is 151 Å². The van der Waals surface area contributed by atoms with E-state index in [1.807, 2.05) is 0 Å². The number of carbonyl (C=O) groups excluding carboxylic acids is 1. The molecule has 13 heteroatoms. The van der Waals surface area contributed by atoms with Gasteiger partial charge in [0, 0.05) is 13.0 Å². The number of allylic oxidation sites excluding steroid dienone is 12. The second-order valence-electron chi connectivity index (χ2n) is 16.2. The SMILES string of the molecule is CC/C=C\C/C=C\C/C=C\C/C=C\C/C=C\CCCCCC(=O)OC(COCCCCCCCC/C=C\CCCCCCCC)COP(=O)(O)OC1C(O)C(O)C(O)C(O)C1O. The van der Waals surface area contributed by atoms with Crippen molar-refractivity contribution in [2.75, 3.05) is 19.8 Å². The first-order chi connectivity index (χ1) is 30.0. The average molecular weight is 897 g/mol. The molecule has 1 rings (SSSR count). The van der Waals surface area contributed by atoms with Crippen molar-refractivity contribution in [2.24, 2.45) is 0 Å². The largest absolute Gasteiger partial charge is 0.472 e. The van der Waals surface area contributed by atoms with Gasteiger partial charge >= 0.3 is 13.8 Å². The molecule has 1 aliphatic rings. The Labute approximate surface area is 374 Å². The van der Waals surface area contributed by atoms with Crippen LogP contribution in [0.4, 0.5) is 0 Å². The van der Waals surface area contributed by atoms with Crippen molar-refractivity contribution < 1.29 is 58.3 Å². The molecule has 0 aromatic heterocycles. The van der Waals surface area contributed by atoms with Gasteiger partial charge in [0.1, 0.15) is 42.7 Å². The molecule has 0 aliphatic heterocycles. The number of esters is 1. The third kappa shape index (κ3) is 30.8. The molecule has 0 aromatic rings. The number of phosphoric ester groups is 1. The van der Waals surface area contributed by atoms with E-state index in [1.54, 1.807) is 0 Å². The summed E-state index contributed by atoms with van der Waals surface area (Å²) in [5.74, 6) is -0.513. The Balaban J connectivity index is 2.43. The number of rotatable bonds is 39. The zero-order chi connectivity index (χ0) is 45.5. The fourth-order valence-electron chi connectivity index (χ4n) is 6.79. The number of hydrogen-bond donors (Lipinski definition) is 6. The van der Waals surface area contributed by atoms with Crippen LogP contribution in [0.3, 0.4) is 0 Å². The van der Waals surface area contributed by atoms with E-state index in [-0.39, 0.29) is 13.0 Å². The Kier molecular flexibility index (Phi) is 36.5. The lowest BCUT2D eigenvalue weighted by molar-refractivity contribution is -0.220.